The molecular formula is C33H27IN2O5. The molecule has 0 bridgehead atoms. The third-order valence-electron chi connectivity index (χ3n) is 6.51. The van der Waals surface area contributed by atoms with Gasteiger partial charge >= 0.3 is 6.03 Å². The van der Waals surface area contributed by atoms with Crippen LogP contribution in [0, 0.1) is 10.5 Å². The number of hydrogen-bond acceptors (Lipinski definition) is 5. The van der Waals surface area contributed by atoms with Crippen molar-refractivity contribution in [3.63, 3.8) is 0 Å². The molecule has 0 radical (unpaired) electrons. The molecule has 0 aliphatic carbocycles. The van der Waals surface area contributed by atoms with Gasteiger partial charge in [0.05, 0.1) is 21.6 Å². The number of ether oxygens (including phenoxy) is 2. The summed E-state index contributed by atoms with van der Waals surface area (Å²) in [4.78, 5) is 44.1. The highest BCUT2D eigenvalue weighted by molar-refractivity contribution is 14.1. The summed E-state index contributed by atoms with van der Waals surface area (Å²) >= 11 is 2.13. The van der Waals surface area contributed by atoms with Crippen molar-refractivity contribution in [2.24, 2.45) is 0 Å². The Hall–Kier alpha value is -4.44. The Morgan fingerprint density at radius 3 is 2.37 bits per heavy atom. The molecule has 7 nitrogen and oxygen atoms in total. The maximum atomic E-state index is 14.1. The van der Waals surface area contributed by atoms with Gasteiger partial charge in [0.2, 0.25) is 0 Å². The SMILES string of the molecule is C=CCOc1c(I)cc(/C=C2\C(=O)N(c3cccc(C)c3)C(=O)N(c3cccc4ccccc34)C2=O)cc1OCC. The van der Waals surface area contributed by atoms with Gasteiger partial charge in [-0.1, -0.05) is 61.2 Å². The van der Waals surface area contributed by atoms with E-state index in [2.05, 4.69) is 29.2 Å². The minimum Gasteiger partial charge on any atom is -0.490 e. The average molecular weight is 658 g/mol. The Balaban J connectivity index is 1.69. The number of rotatable bonds is 8. The number of halogens is 1. The van der Waals surface area contributed by atoms with Gasteiger partial charge in [0.25, 0.3) is 11.8 Å². The fourth-order valence-corrected chi connectivity index (χ4v) is 5.50. The van der Waals surface area contributed by atoms with Gasteiger partial charge in [-0.05, 0) is 89.4 Å². The number of fused-ring (bicyclic) bond motifs is 1. The molecule has 0 N–H and O–H groups in total. The zero-order chi connectivity index (χ0) is 29.1. The molecule has 1 aliphatic rings. The molecule has 1 fully saturated rings. The molecule has 4 aromatic rings. The minimum absolute atomic E-state index is 0.156. The first-order valence-electron chi connectivity index (χ1n) is 13.0. The summed E-state index contributed by atoms with van der Waals surface area (Å²) in [6.45, 7) is 8.12. The van der Waals surface area contributed by atoms with Gasteiger partial charge in [0, 0.05) is 5.39 Å². The number of hydrogen-bond donors (Lipinski definition) is 0. The average Bonchev–Trinajstić information content (AvgIpc) is 2.95. The lowest BCUT2D eigenvalue weighted by Gasteiger charge is -2.34. The maximum absolute atomic E-state index is 14.1. The van der Waals surface area contributed by atoms with Crippen molar-refractivity contribution >= 4 is 68.7 Å². The molecule has 0 atom stereocenters. The number of imide groups is 2. The van der Waals surface area contributed by atoms with Crippen LogP contribution in [0.1, 0.15) is 18.1 Å². The van der Waals surface area contributed by atoms with Gasteiger partial charge in [0.1, 0.15) is 12.2 Å². The van der Waals surface area contributed by atoms with E-state index >= 15 is 0 Å². The standard InChI is InChI=1S/C33H27IN2O5/c1-4-16-41-30-27(34)19-22(20-29(30)40-5-2)18-26-31(37)35(24-13-8-10-21(3)17-24)33(39)36(32(26)38)28-15-9-12-23-11-6-7-14-25(23)28/h4,6-15,17-20H,1,5,16H2,2-3H3/b26-18+. The number of barbiturate groups is 1. The Kier molecular flexibility index (Phi) is 8.21. The van der Waals surface area contributed by atoms with Gasteiger partial charge < -0.3 is 9.47 Å². The largest absolute Gasteiger partial charge is 0.490 e. The van der Waals surface area contributed by atoms with Crippen LogP contribution in [0.5, 0.6) is 11.5 Å². The van der Waals surface area contributed by atoms with Crippen molar-refractivity contribution in [2.75, 3.05) is 23.0 Å². The molecule has 4 aromatic carbocycles. The highest BCUT2D eigenvalue weighted by Gasteiger charge is 2.44. The van der Waals surface area contributed by atoms with E-state index in [4.69, 9.17) is 9.47 Å². The van der Waals surface area contributed by atoms with Crippen LogP contribution in [0.3, 0.4) is 0 Å². The molecule has 206 valence electrons. The topological polar surface area (TPSA) is 76.2 Å². The van der Waals surface area contributed by atoms with Gasteiger partial charge in [0.15, 0.2) is 11.5 Å². The Labute approximate surface area is 251 Å². The van der Waals surface area contributed by atoms with Gasteiger partial charge in [-0.15, -0.1) is 0 Å². The Morgan fingerprint density at radius 1 is 0.878 bits per heavy atom. The van der Waals surface area contributed by atoms with E-state index in [1.165, 1.54) is 6.08 Å². The minimum atomic E-state index is -0.739. The van der Waals surface area contributed by atoms with E-state index in [1.807, 2.05) is 50.2 Å². The molecule has 0 saturated carbocycles. The van der Waals surface area contributed by atoms with E-state index in [1.54, 1.807) is 48.5 Å². The number of urea groups is 1. The second kappa shape index (κ2) is 12.0. The van der Waals surface area contributed by atoms with Crippen molar-refractivity contribution in [1.82, 2.24) is 0 Å². The van der Waals surface area contributed by atoms with Crippen molar-refractivity contribution < 1.29 is 23.9 Å². The highest BCUT2D eigenvalue weighted by Crippen LogP contribution is 2.37. The summed E-state index contributed by atoms with van der Waals surface area (Å²) in [7, 11) is 0. The van der Waals surface area contributed by atoms with E-state index < -0.39 is 17.8 Å². The Bertz CT molecular complexity index is 1720. The summed E-state index contributed by atoms with van der Waals surface area (Å²) in [6.07, 6.45) is 3.14. The molecule has 1 aliphatic heterocycles. The summed E-state index contributed by atoms with van der Waals surface area (Å²) in [6, 6.07) is 22.7. The molecule has 5 rings (SSSR count). The molecule has 0 unspecified atom stereocenters. The lowest BCUT2D eigenvalue weighted by Crippen LogP contribution is -2.57. The normalized spacial score (nSPS) is 14.6. The van der Waals surface area contributed by atoms with Gasteiger partial charge in [-0.2, -0.15) is 0 Å². The van der Waals surface area contributed by atoms with E-state index in [9.17, 15) is 14.4 Å². The van der Waals surface area contributed by atoms with Crippen LogP contribution in [0.4, 0.5) is 16.2 Å². The van der Waals surface area contributed by atoms with Crippen LogP contribution in [0.15, 0.2) is 97.1 Å². The quantitative estimate of drug-likeness (QED) is 0.0860. The van der Waals surface area contributed by atoms with Crippen LogP contribution < -0.4 is 19.3 Å². The van der Waals surface area contributed by atoms with E-state index in [0.717, 1.165) is 24.3 Å². The van der Waals surface area contributed by atoms with Crippen molar-refractivity contribution in [1.29, 1.82) is 0 Å². The summed E-state index contributed by atoms with van der Waals surface area (Å²) in [5.41, 5.74) is 2.04. The molecule has 0 spiro atoms. The predicted octanol–water partition coefficient (Wildman–Crippen LogP) is 7.30. The fourth-order valence-electron chi connectivity index (χ4n) is 4.72. The van der Waals surface area contributed by atoms with Gasteiger partial charge in [-0.25, -0.2) is 14.6 Å². The van der Waals surface area contributed by atoms with Crippen molar-refractivity contribution in [3.05, 3.63) is 112 Å². The lowest BCUT2D eigenvalue weighted by molar-refractivity contribution is -0.121. The number of amides is 4. The van der Waals surface area contributed by atoms with E-state index in [0.29, 0.717) is 47.0 Å². The first kappa shape index (κ1) is 28.1. The van der Waals surface area contributed by atoms with E-state index in [-0.39, 0.29) is 5.57 Å². The molecular weight excluding hydrogens is 631 g/mol. The lowest BCUT2D eigenvalue weighted by atomic mass is 10.0. The number of anilines is 2. The molecule has 1 saturated heterocycles. The predicted molar refractivity (Wildman–Crippen MR) is 169 cm³/mol. The number of carbonyl (C=O) groups excluding carboxylic acids is 3. The zero-order valence-corrected chi connectivity index (χ0v) is 24.8. The van der Waals surface area contributed by atoms with Crippen LogP contribution in [-0.4, -0.2) is 31.1 Å². The Morgan fingerprint density at radius 2 is 1.61 bits per heavy atom. The first-order chi connectivity index (χ1) is 19.8. The molecule has 4 amide bonds. The number of benzene rings is 4. The summed E-state index contributed by atoms with van der Waals surface area (Å²) in [5.74, 6) is -0.395. The summed E-state index contributed by atoms with van der Waals surface area (Å²) in [5, 5.41) is 1.58. The highest BCUT2D eigenvalue weighted by atomic mass is 127. The maximum Gasteiger partial charge on any atom is 0.343 e. The second-order valence-electron chi connectivity index (χ2n) is 9.32. The van der Waals surface area contributed by atoms with Crippen LogP contribution >= 0.6 is 22.6 Å². The molecule has 8 heteroatoms. The zero-order valence-electron chi connectivity index (χ0n) is 22.6. The van der Waals surface area contributed by atoms with Crippen molar-refractivity contribution in [3.8, 4) is 11.5 Å². The van der Waals surface area contributed by atoms with Crippen LogP contribution in [0.2, 0.25) is 0 Å². The molecule has 41 heavy (non-hydrogen) atoms. The third-order valence-corrected chi connectivity index (χ3v) is 7.31. The second-order valence-corrected chi connectivity index (χ2v) is 10.5. The number of aryl methyl sites for hydroxylation is 1. The molecule has 1 heterocycles. The smallest absolute Gasteiger partial charge is 0.343 e. The molecule has 0 aromatic heterocycles. The van der Waals surface area contributed by atoms with Crippen molar-refractivity contribution in [2.45, 2.75) is 13.8 Å². The fraction of sp³-hybridized carbons (Fsp3) is 0.121. The van der Waals surface area contributed by atoms with Crippen LogP contribution in [-0.2, 0) is 9.59 Å². The third kappa shape index (κ3) is 5.47. The number of nitrogens with zero attached hydrogens (tertiary/aromatic N) is 2. The first-order valence-corrected chi connectivity index (χ1v) is 14.1. The monoisotopic (exact) mass is 658 g/mol. The van der Waals surface area contributed by atoms with Gasteiger partial charge in [-0.3, -0.25) is 9.59 Å². The number of carbonyl (C=O) groups is 3. The summed E-state index contributed by atoms with van der Waals surface area (Å²) < 4.78 is 12.4. The van der Waals surface area contributed by atoms with Crippen LogP contribution in [0.25, 0.3) is 16.8 Å².